The largest absolute Gasteiger partial charge is 0.383 e. The van der Waals surface area contributed by atoms with Gasteiger partial charge >= 0.3 is 0 Å². The minimum absolute atomic E-state index is 0.0297. The van der Waals surface area contributed by atoms with Crippen molar-refractivity contribution in [2.45, 2.75) is 44.7 Å². The highest BCUT2D eigenvalue weighted by atomic mass is 16.1. The van der Waals surface area contributed by atoms with Crippen molar-refractivity contribution < 1.29 is 4.79 Å². The standard InChI is InChI=1S/C31H38N6O/c1-8-22(19-37(6)7)23-10-9-11-24(13-23)29-33-18-27(25(17-32-5)12-20(2)3)30(35-29)34-28-16-31(36-21(4)38)14-26(28)15-31/h8-13,17-19,26,28H,1-2,14-16H2,3-7H3,(H,36,38)(H,33,34,35)/b22-19+,25-12+,32-17-/t26?,28-,31?/m1/s1. The number of aromatic nitrogens is 2. The molecule has 3 fully saturated rings. The van der Waals surface area contributed by atoms with E-state index in [9.17, 15) is 4.79 Å². The van der Waals surface area contributed by atoms with E-state index in [4.69, 9.17) is 9.97 Å². The van der Waals surface area contributed by atoms with Gasteiger partial charge in [0.15, 0.2) is 5.82 Å². The maximum absolute atomic E-state index is 11.8. The van der Waals surface area contributed by atoms with Crippen LogP contribution in [0.25, 0.3) is 22.5 Å². The summed E-state index contributed by atoms with van der Waals surface area (Å²) in [5.41, 5.74) is 5.57. The summed E-state index contributed by atoms with van der Waals surface area (Å²) in [6.45, 7) is 11.6. The van der Waals surface area contributed by atoms with Gasteiger partial charge in [0.25, 0.3) is 0 Å². The molecule has 5 rings (SSSR count). The summed E-state index contributed by atoms with van der Waals surface area (Å²) >= 11 is 0. The number of benzene rings is 1. The van der Waals surface area contributed by atoms with Crippen LogP contribution in [0.2, 0.25) is 0 Å². The highest BCUT2D eigenvalue weighted by Gasteiger charge is 2.56. The van der Waals surface area contributed by atoms with Crippen LogP contribution in [0.3, 0.4) is 0 Å². The van der Waals surface area contributed by atoms with E-state index in [-0.39, 0.29) is 17.5 Å². The number of rotatable bonds is 10. The zero-order valence-electron chi connectivity index (χ0n) is 23.1. The molecule has 0 aliphatic heterocycles. The zero-order valence-corrected chi connectivity index (χ0v) is 23.1. The molecular formula is C31H38N6O. The fourth-order valence-corrected chi connectivity index (χ4v) is 5.65. The average molecular weight is 511 g/mol. The van der Waals surface area contributed by atoms with Crippen LogP contribution < -0.4 is 10.6 Å². The van der Waals surface area contributed by atoms with Crippen molar-refractivity contribution in [3.8, 4) is 11.4 Å². The first-order valence-corrected chi connectivity index (χ1v) is 13.0. The molecule has 1 heterocycles. The number of amides is 1. The first kappa shape index (κ1) is 27.0. The van der Waals surface area contributed by atoms with E-state index in [1.54, 1.807) is 14.0 Å². The maximum Gasteiger partial charge on any atom is 0.217 e. The van der Waals surface area contributed by atoms with Gasteiger partial charge in [0, 0.05) is 75.0 Å². The molecular weight excluding hydrogens is 472 g/mol. The molecule has 0 saturated heterocycles. The summed E-state index contributed by atoms with van der Waals surface area (Å²) in [7, 11) is 5.74. The minimum atomic E-state index is -0.0976. The summed E-state index contributed by atoms with van der Waals surface area (Å²) < 4.78 is 0. The number of nitrogens with zero attached hydrogens (tertiary/aromatic N) is 4. The van der Waals surface area contributed by atoms with Crippen LogP contribution in [0.1, 0.15) is 44.2 Å². The van der Waals surface area contributed by atoms with Crippen LogP contribution in [0.5, 0.6) is 0 Å². The third-order valence-electron chi connectivity index (χ3n) is 7.09. The van der Waals surface area contributed by atoms with Crippen molar-refractivity contribution in [2.75, 3.05) is 26.5 Å². The van der Waals surface area contributed by atoms with Crippen LogP contribution in [-0.4, -0.2) is 59.7 Å². The van der Waals surface area contributed by atoms with Crippen molar-refractivity contribution in [3.05, 3.63) is 78.7 Å². The molecule has 0 radical (unpaired) electrons. The van der Waals surface area contributed by atoms with E-state index in [0.29, 0.717) is 11.7 Å². The molecule has 3 aliphatic carbocycles. The van der Waals surface area contributed by atoms with Gasteiger partial charge in [0.05, 0.1) is 0 Å². The Kier molecular flexibility index (Phi) is 7.95. The molecule has 0 unspecified atom stereocenters. The van der Waals surface area contributed by atoms with Gasteiger partial charge in [-0.2, -0.15) is 0 Å². The minimum Gasteiger partial charge on any atom is -0.383 e. The van der Waals surface area contributed by atoms with Crippen LogP contribution in [0.4, 0.5) is 5.82 Å². The second kappa shape index (κ2) is 11.2. The normalized spacial score (nSPS) is 22.7. The van der Waals surface area contributed by atoms with Crippen LogP contribution in [0, 0.1) is 5.92 Å². The molecule has 3 aliphatic rings. The predicted molar refractivity (Wildman–Crippen MR) is 158 cm³/mol. The van der Waals surface area contributed by atoms with Gasteiger partial charge in [-0.05, 0) is 49.3 Å². The highest BCUT2D eigenvalue weighted by Crippen LogP contribution is 2.53. The van der Waals surface area contributed by atoms with E-state index in [0.717, 1.165) is 58.5 Å². The van der Waals surface area contributed by atoms with Gasteiger partial charge in [-0.15, -0.1) is 0 Å². The Balaban J connectivity index is 1.74. The lowest BCUT2D eigenvalue weighted by Crippen LogP contribution is -2.51. The molecule has 2 bridgehead atoms. The van der Waals surface area contributed by atoms with Crippen molar-refractivity contribution in [1.82, 2.24) is 20.2 Å². The lowest BCUT2D eigenvalue weighted by Gasteiger charge is -2.38. The maximum atomic E-state index is 11.8. The summed E-state index contributed by atoms with van der Waals surface area (Å²) in [4.78, 5) is 27.9. The fraction of sp³-hybridized carbons (Fsp3) is 0.355. The van der Waals surface area contributed by atoms with E-state index < -0.39 is 0 Å². The number of nitrogens with one attached hydrogen (secondary N) is 2. The van der Waals surface area contributed by atoms with E-state index >= 15 is 0 Å². The number of aliphatic imine (C=N–C) groups is 1. The smallest absolute Gasteiger partial charge is 0.217 e. The molecule has 1 aromatic carbocycles. The fourth-order valence-electron chi connectivity index (χ4n) is 5.65. The molecule has 38 heavy (non-hydrogen) atoms. The number of fused-ring (bicyclic) bond motifs is 1. The summed E-state index contributed by atoms with van der Waals surface area (Å²) in [6.07, 6.45) is 12.4. The monoisotopic (exact) mass is 510 g/mol. The molecule has 198 valence electrons. The summed E-state index contributed by atoms with van der Waals surface area (Å²) in [5, 5.41) is 6.91. The third-order valence-corrected chi connectivity index (χ3v) is 7.09. The number of carbonyl (C=O) groups is 1. The molecule has 1 atom stereocenters. The molecule has 1 amide bonds. The number of hydrogen-bond acceptors (Lipinski definition) is 6. The number of hydrogen-bond donors (Lipinski definition) is 2. The lowest BCUT2D eigenvalue weighted by molar-refractivity contribution is -0.121. The topological polar surface area (TPSA) is 82.5 Å². The first-order chi connectivity index (χ1) is 18.1. The molecule has 3 saturated carbocycles. The van der Waals surface area contributed by atoms with Crippen molar-refractivity contribution in [3.63, 3.8) is 0 Å². The molecule has 2 aromatic rings. The van der Waals surface area contributed by atoms with Gasteiger partial charge in [-0.25, -0.2) is 9.97 Å². The Bertz CT molecular complexity index is 1330. The van der Waals surface area contributed by atoms with Crippen LogP contribution >= 0.6 is 0 Å². The van der Waals surface area contributed by atoms with E-state index in [2.05, 4.69) is 40.9 Å². The summed E-state index contributed by atoms with van der Waals surface area (Å²) in [6, 6.07) is 8.41. The van der Waals surface area contributed by atoms with Gasteiger partial charge in [-0.3, -0.25) is 9.79 Å². The lowest BCUT2D eigenvalue weighted by atomic mass is 9.76. The second-order valence-corrected chi connectivity index (χ2v) is 10.7. The average Bonchev–Trinajstić information content (AvgIpc) is 3.34. The number of anilines is 1. The third kappa shape index (κ3) is 5.93. The highest BCUT2D eigenvalue weighted by molar-refractivity contribution is 6.12. The molecule has 7 nitrogen and oxygen atoms in total. The number of allylic oxidation sites excluding steroid dienone is 5. The van der Waals surface area contributed by atoms with Crippen LogP contribution in [-0.2, 0) is 4.79 Å². The molecule has 2 N–H and O–H groups in total. The van der Waals surface area contributed by atoms with Crippen molar-refractivity contribution >= 4 is 29.1 Å². The van der Waals surface area contributed by atoms with Gasteiger partial charge < -0.3 is 15.5 Å². The quantitative estimate of drug-likeness (QED) is 0.332. The van der Waals surface area contributed by atoms with E-state index in [1.165, 1.54) is 0 Å². The zero-order chi connectivity index (χ0) is 27.4. The van der Waals surface area contributed by atoms with Crippen molar-refractivity contribution in [2.24, 2.45) is 10.9 Å². The Morgan fingerprint density at radius 1 is 1.21 bits per heavy atom. The van der Waals surface area contributed by atoms with Crippen molar-refractivity contribution in [1.29, 1.82) is 0 Å². The molecule has 0 spiro atoms. The van der Waals surface area contributed by atoms with Crippen LogP contribution in [0.15, 0.2) is 72.5 Å². The van der Waals surface area contributed by atoms with E-state index in [1.807, 2.05) is 68.8 Å². The molecule has 1 aromatic heterocycles. The Morgan fingerprint density at radius 3 is 2.61 bits per heavy atom. The van der Waals surface area contributed by atoms with Gasteiger partial charge in [0.2, 0.25) is 5.91 Å². The Morgan fingerprint density at radius 2 is 1.97 bits per heavy atom. The SMILES string of the molecule is C=C/C(=C\N(C)C)c1cccc(-c2ncc(C(/C=N\C)=C/C(=C)C)c(N[C@@H]3CC4(NC(C)=O)CC3C4)n2)c1. The van der Waals surface area contributed by atoms with Gasteiger partial charge in [0.1, 0.15) is 5.82 Å². The molecule has 7 heteroatoms. The Hall–Kier alpha value is -4.00. The first-order valence-electron chi connectivity index (χ1n) is 13.0. The second-order valence-electron chi connectivity index (χ2n) is 10.7. The predicted octanol–water partition coefficient (Wildman–Crippen LogP) is 5.36. The Labute approximate surface area is 226 Å². The number of carbonyl (C=O) groups excluding carboxylic acids is 1. The summed E-state index contributed by atoms with van der Waals surface area (Å²) in [5.74, 6) is 1.92. The van der Waals surface area contributed by atoms with Gasteiger partial charge in [-0.1, -0.05) is 49.1 Å².